The molecule has 1 aromatic heterocycles. The van der Waals surface area contributed by atoms with Gasteiger partial charge in [-0.05, 0) is 24.3 Å². The highest BCUT2D eigenvalue weighted by Gasteiger charge is 2.34. The molecule has 1 aliphatic rings. The van der Waals surface area contributed by atoms with Crippen LogP contribution in [0.15, 0.2) is 46.0 Å². The Bertz CT molecular complexity index is 948. The van der Waals surface area contributed by atoms with Crippen LogP contribution >= 0.6 is 0 Å². The molecule has 2 heterocycles. The summed E-state index contributed by atoms with van der Waals surface area (Å²) in [6.45, 7) is -0.258. The summed E-state index contributed by atoms with van der Waals surface area (Å²) in [5, 5.41) is 21.3. The van der Waals surface area contributed by atoms with Crippen molar-refractivity contribution in [1.29, 1.82) is 0 Å². The Hall–Kier alpha value is -3.30. The molecule has 0 radical (unpaired) electrons. The second-order valence-corrected chi connectivity index (χ2v) is 6.26. The number of methoxy groups -OCH3 is 2. The molecule has 29 heavy (non-hydrogen) atoms. The summed E-state index contributed by atoms with van der Waals surface area (Å²) in [4.78, 5) is 26.1. The third-order valence-electron chi connectivity index (χ3n) is 4.51. The summed E-state index contributed by atoms with van der Waals surface area (Å²) in [5.74, 6) is 0.417. The summed E-state index contributed by atoms with van der Waals surface area (Å²) >= 11 is 0. The van der Waals surface area contributed by atoms with Crippen molar-refractivity contribution < 1.29 is 33.7 Å². The molecule has 9 nitrogen and oxygen atoms in total. The van der Waals surface area contributed by atoms with Crippen LogP contribution in [-0.2, 0) is 20.9 Å². The zero-order valence-electron chi connectivity index (χ0n) is 16.1. The summed E-state index contributed by atoms with van der Waals surface area (Å²) in [6, 6.07) is 8.51. The fourth-order valence-corrected chi connectivity index (χ4v) is 3.07. The van der Waals surface area contributed by atoms with Crippen LogP contribution in [0.1, 0.15) is 5.76 Å². The van der Waals surface area contributed by atoms with Crippen LogP contribution in [0.3, 0.4) is 0 Å². The first-order valence-corrected chi connectivity index (χ1v) is 8.89. The fourth-order valence-electron chi connectivity index (χ4n) is 3.07. The Morgan fingerprint density at radius 3 is 2.66 bits per heavy atom. The van der Waals surface area contributed by atoms with Crippen LogP contribution in [0.2, 0.25) is 0 Å². The smallest absolute Gasteiger partial charge is 0.337 e. The molecule has 0 unspecified atom stereocenters. The monoisotopic (exact) mass is 402 g/mol. The third kappa shape index (κ3) is 4.10. The van der Waals surface area contributed by atoms with Crippen molar-refractivity contribution in [2.45, 2.75) is 6.61 Å². The molecule has 0 spiro atoms. The first-order chi connectivity index (χ1) is 14.0. The average molecular weight is 402 g/mol. The van der Waals surface area contributed by atoms with E-state index in [9.17, 15) is 14.7 Å². The van der Waals surface area contributed by atoms with Crippen LogP contribution in [-0.4, -0.2) is 60.9 Å². The number of furan rings is 1. The molecular weight excluding hydrogens is 380 g/mol. The fraction of sp³-hybridized carbons (Fsp3) is 0.300. The Morgan fingerprint density at radius 1 is 1.24 bits per heavy atom. The van der Waals surface area contributed by atoms with E-state index in [0.717, 1.165) is 0 Å². The van der Waals surface area contributed by atoms with Gasteiger partial charge in [-0.1, -0.05) is 0 Å². The predicted octanol–water partition coefficient (Wildman–Crippen LogP) is 1.12. The van der Waals surface area contributed by atoms with E-state index in [1.165, 1.54) is 19.1 Å². The normalized spacial score (nSPS) is 13.8. The number of aliphatic hydroxyl groups excluding tert-OH is 2. The topological polar surface area (TPSA) is 121 Å². The first-order valence-electron chi connectivity index (χ1n) is 8.89. The zero-order valence-corrected chi connectivity index (χ0v) is 16.1. The summed E-state index contributed by atoms with van der Waals surface area (Å²) in [7, 11) is 2.75. The van der Waals surface area contributed by atoms with Crippen molar-refractivity contribution in [2.24, 2.45) is 0 Å². The highest BCUT2D eigenvalue weighted by Crippen LogP contribution is 2.34. The highest BCUT2D eigenvalue weighted by molar-refractivity contribution is 6.08. The number of hydrogen-bond donors (Lipinski definition) is 3. The molecule has 9 heteroatoms. The maximum atomic E-state index is 12.6. The number of ether oxygens (including phenoxy) is 2. The highest BCUT2D eigenvalue weighted by atomic mass is 16.5. The molecule has 0 bridgehead atoms. The summed E-state index contributed by atoms with van der Waals surface area (Å²) < 4.78 is 15.8. The minimum absolute atomic E-state index is 0.0555. The molecular formula is C20H22N2O7. The Balaban J connectivity index is 1.92. The lowest BCUT2D eigenvalue weighted by Crippen LogP contribution is -2.31. The van der Waals surface area contributed by atoms with Gasteiger partial charge in [-0.2, -0.15) is 0 Å². The number of anilines is 1. The number of benzene rings is 1. The van der Waals surface area contributed by atoms with Crippen LogP contribution < -0.4 is 10.1 Å². The van der Waals surface area contributed by atoms with Crippen molar-refractivity contribution >= 4 is 17.6 Å². The van der Waals surface area contributed by atoms with Crippen molar-refractivity contribution in [3.05, 3.63) is 47.4 Å². The quantitative estimate of drug-likeness (QED) is 0.562. The van der Waals surface area contributed by atoms with Gasteiger partial charge in [-0.3, -0.25) is 4.79 Å². The molecule has 0 saturated heterocycles. The number of nitrogens with one attached hydrogen (secondary N) is 1. The van der Waals surface area contributed by atoms with Gasteiger partial charge in [0.2, 0.25) is 0 Å². The van der Waals surface area contributed by atoms with Gasteiger partial charge < -0.3 is 34.3 Å². The van der Waals surface area contributed by atoms with Crippen molar-refractivity contribution in [3.8, 4) is 17.1 Å². The van der Waals surface area contributed by atoms with Crippen molar-refractivity contribution in [1.82, 2.24) is 4.90 Å². The standard InChI is InChI=1S/C20H22N2O7/c1-27-17-9-12(3-5-14(17)16-6-4-13(11-24)29-16)21-18-15(20(26)28-2)10-22(7-8-23)19(18)25/h3-6,9,21,23-24H,7-8,10-11H2,1-2H3. The van der Waals surface area contributed by atoms with Crippen LogP contribution in [0.5, 0.6) is 5.75 Å². The van der Waals surface area contributed by atoms with Gasteiger partial charge in [0.15, 0.2) is 0 Å². The summed E-state index contributed by atoms with van der Waals surface area (Å²) in [5.41, 5.74) is 1.47. The molecule has 1 aliphatic heterocycles. The number of carbonyl (C=O) groups excluding carboxylic acids is 2. The second kappa shape index (κ2) is 8.80. The maximum Gasteiger partial charge on any atom is 0.337 e. The molecule has 0 atom stereocenters. The predicted molar refractivity (Wildman–Crippen MR) is 103 cm³/mol. The van der Waals surface area contributed by atoms with E-state index in [-0.39, 0.29) is 37.6 Å². The Morgan fingerprint density at radius 2 is 2.03 bits per heavy atom. The van der Waals surface area contributed by atoms with Gasteiger partial charge in [-0.25, -0.2) is 4.79 Å². The third-order valence-corrected chi connectivity index (χ3v) is 4.51. The number of carbonyl (C=O) groups is 2. The molecule has 3 N–H and O–H groups in total. The number of hydrogen-bond acceptors (Lipinski definition) is 8. The van der Waals surface area contributed by atoms with E-state index >= 15 is 0 Å². The van der Waals surface area contributed by atoms with Crippen LogP contribution in [0.4, 0.5) is 5.69 Å². The maximum absolute atomic E-state index is 12.6. The molecule has 154 valence electrons. The molecule has 3 rings (SSSR count). The number of esters is 1. The van der Waals surface area contributed by atoms with Gasteiger partial charge in [-0.15, -0.1) is 0 Å². The number of amides is 1. The van der Waals surface area contributed by atoms with Gasteiger partial charge in [0.05, 0.1) is 38.5 Å². The van der Waals surface area contributed by atoms with E-state index in [4.69, 9.17) is 19.0 Å². The lowest BCUT2D eigenvalue weighted by molar-refractivity contribution is -0.136. The first kappa shape index (κ1) is 20.4. The molecule has 0 saturated carbocycles. The zero-order chi connectivity index (χ0) is 21.0. The van der Waals surface area contributed by atoms with Gasteiger partial charge in [0.1, 0.15) is 29.6 Å². The lowest BCUT2D eigenvalue weighted by Gasteiger charge is -2.15. The van der Waals surface area contributed by atoms with Gasteiger partial charge >= 0.3 is 5.97 Å². The van der Waals surface area contributed by atoms with E-state index in [1.54, 1.807) is 30.3 Å². The molecule has 1 amide bonds. The number of nitrogens with zero attached hydrogens (tertiary/aromatic N) is 1. The lowest BCUT2D eigenvalue weighted by atomic mass is 10.1. The molecule has 0 aliphatic carbocycles. The minimum Gasteiger partial charge on any atom is -0.496 e. The van der Waals surface area contributed by atoms with Crippen molar-refractivity contribution in [2.75, 3.05) is 39.2 Å². The largest absolute Gasteiger partial charge is 0.496 e. The number of rotatable bonds is 8. The molecule has 2 aromatic rings. The Kier molecular flexibility index (Phi) is 6.20. The van der Waals surface area contributed by atoms with E-state index in [1.807, 2.05) is 0 Å². The van der Waals surface area contributed by atoms with Gasteiger partial charge in [0, 0.05) is 18.3 Å². The van der Waals surface area contributed by atoms with E-state index in [0.29, 0.717) is 28.5 Å². The SMILES string of the molecule is COC(=O)C1=C(Nc2ccc(-c3ccc(CO)o3)c(OC)c2)C(=O)N(CCO)C1. The Labute approximate surface area is 167 Å². The average Bonchev–Trinajstić information content (AvgIpc) is 3.34. The van der Waals surface area contributed by atoms with Crippen LogP contribution in [0, 0.1) is 0 Å². The van der Waals surface area contributed by atoms with E-state index < -0.39 is 11.9 Å². The second-order valence-electron chi connectivity index (χ2n) is 6.26. The van der Waals surface area contributed by atoms with Crippen molar-refractivity contribution in [3.63, 3.8) is 0 Å². The summed E-state index contributed by atoms with van der Waals surface area (Å²) in [6.07, 6.45) is 0. The van der Waals surface area contributed by atoms with E-state index in [2.05, 4.69) is 5.32 Å². The number of aliphatic hydroxyl groups is 2. The minimum atomic E-state index is -0.614. The molecule has 0 fully saturated rings. The van der Waals surface area contributed by atoms with Gasteiger partial charge in [0.25, 0.3) is 5.91 Å². The van der Waals surface area contributed by atoms with Crippen LogP contribution in [0.25, 0.3) is 11.3 Å². The number of β-amino-alcohol motifs (C(OH)–C–C–N with tert-alkyl or cyclic N) is 1. The molecule has 1 aromatic carbocycles.